The molecule has 25 heavy (non-hydrogen) atoms. The molecule has 2 amide bonds. The summed E-state index contributed by atoms with van der Waals surface area (Å²) in [4.78, 5) is 30.5. The highest BCUT2D eigenvalue weighted by molar-refractivity contribution is 5.85. The average molecular weight is 337 g/mol. The van der Waals surface area contributed by atoms with E-state index in [0.717, 1.165) is 29.7 Å². The summed E-state index contributed by atoms with van der Waals surface area (Å²) >= 11 is 0. The van der Waals surface area contributed by atoms with Crippen molar-refractivity contribution >= 4 is 11.8 Å². The van der Waals surface area contributed by atoms with E-state index in [4.69, 9.17) is 0 Å². The molecule has 1 aliphatic rings. The molecular weight excluding hydrogens is 314 g/mol. The zero-order chi connectivity index (χ0) is 17.6. The second-order valence-electron chi connectivity index (χ2n) is 6.44. The predicted octanol–water partition coefficient (Wildman–Crippen LogP) is 2.61. The van der Waals surface area contributed by atoms with E-state index in [1.54, 1.807) is 11.1 Å². The van der Waals surface area contributed by atoms with E-state index >= 15 is 0 Å². The van der Waals surface area contributed by atoms with E-state index < -0.39 is 0 Å². The topological polar surface area (TPSA) is 62.3 Å². The van der Waals surface area contributed by atoms with Crippen LogP contribution in [0.15, 0.2) is 48.7 Å². The second kappa shape index (κ2) is 7.92. The van der Waals surface area contributed by atoms with Crippen LogP contribution in [0, 0.1) is 6.92 Å². The predicted molar refractivity (Wildman–Crippen MR) is 95.8 cm³/mol. The van der Waals surface area contributed by atoms with Gasteiger partial charge in [-0.15, -0.1) is 0 Å². The van der Waals surface area contributed by atoms with Crippen molar-refractivity contribution in [2.24, 2.45) is 0 Å². The van der Waals surface area contributed by atoms with Crippen LogP contribution < -0.4 is 5.32 Å². The number of hydrogen-bond donors (Lipinski definition) is 1. The molecule has 0 radical (unpaired) electrons. The number of benzene rings is 1. The number of carbonyl (C=O) groups excluding carboxylic acids is 2. The van der Waals surface area contributed by atoms with Gasteiger partial charge >= 0.3 is 0 Å². The summed E-state index contributed by atoms with van der Waals surface area (Å²) in [5.74, 6) is -0.0984. The van der Waals surface area contributed by atoms with Gasteiger partial charge in [0.05, 0.1) is 18.3 Å². The third-order valence-corrected chi connectivity index (χ3v) is 4.42. The molecule has 1 saturated heterocycles. The minimum absolute atomic E-state index is 0.0614. The summed E-state index contributed by atoms with van der Waals surface area (Å²) in [7, 11) is 0. The lowest BCUT2D eigenvalue weighted by molar-refractivity contribution is -0.138. The fraction of sp³-hybridized carbons (Fsp3) is 0.350. The van der Waals surface area contributed by atoms with Gasteiger partial charge < -0.3 is 10.2 Å². The van der Waals surface area contributed by atoms with Gasteiger partial charge in [0.1, 0.15) is 0 Å². The number of nitrogens with one attached hydrogen (secondary N) is 1. The SMILES string of the molecule is Cc1cccc(C(NC(=O)CN2CCCCC2=O)c2ccccn2)c1. The molecule has 3 rings (SSSR count). The lowest BCUT2D eigenvalue weighted by Crippen LogP contribution is -2.44. The van der Waals surface area contributed by atoms with Crippen LogP contribution in [-0.2, 0) is 9.59 Å². The molecule has 5 heteroatoms. The number of pyridine rings is 1. The fourth-order valence-corrected chi connectivity index (χ4v) is 3.13. The Bertz CT molecular complexity index is 746. The van der Waals surface area contributed by atoms with Crippen molar-refractivity contribution in [2.75, 3.05) is 13.1 Å². The Labute approximate surface area is 148 Å². The average Bonchev–Trinajstić information content (AvgIpc) is 2.62. The Morgan fingerprint density at radius 2 is 2.12 bits per heavy atom. The van der Waals surface area contributed by atoms with Crippen molar-refractivity contribution in [3.63, 3.8) is 0 Å². The van der Waals surface area contributed by atoms with Crippen LogP contribution in [0.3, 0.4) is 0 Å². The zero-order valence-electron chi connectivity index (χ0n) is 14.4. The van der Waals surface area contributed by atoms with Gasteiger partial charge in [0.25, 0.3) is 0 Å². The lowest BCUT2D eigenvalue weighted by Gasteiger charge is -2.27. The number of nitrogens with zero attached hydrogens (tertiary/aromatic N) is 2. The van der Waals surface area contributed by atoms with Crippen LogP contribution in [-0.4, -0.2) is 34.8 Å². The van der Waals surface area contributed by atoms with Gasteiger partial charge in [-0.2, -0.15) is 0 Å². The normalized spacial score (nSPS) is 15.7. The van der Waals surface area contributed by atoms with E-state index in [-0.39, 0.29) is 24.4 Å². The number of hydrogen-bond acceptors (Lipinski definition) is 3. The van der Waals surface area contributed by atoms with Crippen LogP contribution in [0.4, 0.5) is 0 Å². The smallest absolute Gasteiger partial charge is 0.240 e. The quantitative estimate of drug-likeness (QED) is 0.912. The molecule has 0 bridgehead atoms. The van der Waals surface area contributed by atoms with Gasteiger partial charge in [-0.05, 0) is 37.5 Å². The molecule has 1 atom stereocenters. The Hall–Kier alpha value is -2.69. The number of likely N-dealkylation sites (tertiary alicyclic amines) is 1. The Morgan fingerprint density at radius 1 is 1.24 bits per heavy atom. The van der Waals surface area contributed by atoms with Gasteiger partial charge in [0.2, 0.25) is 11.8 Å². The van der Waals surface area contributed by atoms with E-state index in [1.165, 1.54) is 0 Å². The molecule has 0 aliphatic carbocycles. The number of amides is 2. The van der Waals surface area contributed by atoms with Crippen molar-refractivity contribution < 1.29 is 9.59 Å². The second-order valence-corrected chi connectivity index (χ2v) is 6.44. The van der Waals surface area contributed by atoms with E-state index in [1.807, 2.05) is 49.4 Å². The Balaban J connectivity index is 1.78. The van der Waals surface area contributed by atoms with Crippen molar-refractivity contribution in [1.82, 2.24) is 15.2 Å². The number of piperidine rings is 1. The molecule has 1 aromatic carbocycles. The van der Waals surface area contributed by atoms with Crippen molar-refractivity contribution in [2.45, 2.75) is 32.2 Å². The van der Waals surface area contributed by atoms with Crippen molar-refractivity contribution in [3.05, 3.63) is 65.5 Å². The highest BCUT2D eigenvalue weighted by Gasteiger charge is 2.23. The molecule has 2 heterocycles. The molecule has 130 valence electrons. The maximum atomic E-state index is 12.6. The summed E-state index contributed by atoms with van der Waals surface area (Å²) in [6, 6.07) is 13.4. The molecule has 0 spiro atoms. The van der Waals surface area contributed by atoms with Gasteiger partial charge in [-0.3, -0.25) is 14.6 Å². The summed E-state index contributed by atoms with van der Waals surface area (Å²) < 4.78 is 0. The third-order valence-electron chi connectivity index (χ3n) is 4.42. The monoisotopic (exact) mass is 337 g/mol. The maximum Gasteiger partial charge on any atom is 0.240 e. The van der Waals surface area contributed by atoms with Crippen LogP contribution in [0.1, 0.15) is 42.1 Å². The molecule has 1 aliphatic heterocycles. The Kier molecular flexibility index (Phi) is 5.43. The standard InChI is InChI=1S/C20H23N3O2/c1-15-7-6-8-16(13-15)20(17-9-2-4-11-21-17)22-18(24)14-23-12-5-3-10-19(23)25/h2,4,6-9,11,13,20H,3,5,10,12,14H2,1H3,(H,22,24). The third kappa shape index (κ3) is 4.44. The molecule has 1 aromatic heterocycles. The number of carbonyl (C=O) groups is 2. The summed E-state index contributed by atoms with van der Waals surface area (Å²) in [5.41, 5.74) is 2.89. The zero-order valence-corrected chi connectivity index (χ0v) is 14.4. The van der Waals surface area contributed by atoms with Gasteiger partial charge in [0, 0.05) is 19.2 Å². The first-order valence-corrected chi connectivity index (χ1v) is 8.68. The first kappa shape index (κ1) is 17.1. The fourth-order valence-electron chi connectivity index (χ4n) is 3.13. The number of aromatic nitrogens is 1. The molecule has 5 nitrogen and oxygen atoms in total. The summed E-state index contributed by atoms with van der Waals surface area (Å²) in [6.45, 7) is 2.78. The minimum atomic E-state index is -0.325. The first-order chi connectivity index (χ1) is 12.1. The summed E-state index contributed by atoms with van der Waals surface area (Å²) in [5, 5.41) is 3.05. The van der Waals surface area contributed by atoms with Gasteiger partial charge in [0.15, 0.2) is 0 Å². The highest BCUT2D eigenvalue weighted by atomic mass is 16.2. The molecule has 1 N–H and O–H groups in total. The minimum Gasteiger partial charge on any atom is -0.342 e. The van der Waals surface area contributed by atoms with Crippen molar-refractivity contribution in [1.29, 1.82) is 0 Å². The molecule has 2 aromatic rings. The van der Waals surface area contributed by atoms with Crippen LogP contribution >= 0.6 is 0 Å². The molecular formula is C20H23N3O2. The van der Waals surface area contributed by atoms with Crippen LogP contribution in [0.5, 0.6) is 0 Å². The first-order valence-electron chi connectivity index (χ1n) is 8.68. The van der Waals surface area contributed by atoms with E-state index in [9.17, 15) is 9.59 Å². The van der Waals surface area contributed by atoms with Crippen LogP contribution in [0.2, 0.25) is 0 Å². The van der Waals surface area contributed by atoms with Gasteiger partial charge in [-0.1, -0.05) is 35.9 Å². The molecule has 1 unspecified atom stereocenters. The largest absolute Gasteiger partial charge is 0.342 e. The number of rotatable bonds is 5. The lowest BCUT2D eigenvalue weighted by atomic mass is 10.0. The number of aryl methyl sites for hydroxylation is 1. The summed E-state index contributed by atoms with van der Waals surface area (Å²) in [6.07, 6.45) is 4.13. The highest BCUT2D eigenvalue weighted by Crippen LogP contribution is 2.21. The molecule has 1 fully saturated rings. The van der Waals surface area contributed by atoms with E-state index in [2.05, 4.69) is 10.3 Å². The Morgan fingerprint density at radius 3 is 2.84 bits per heavy atom. The van der Waals surface area contributed by atoms with E-state index in [0.29, 0.717) is 13.0 Å². The van der Waals surface area contributed by atoms with Crippen LogP contribution in [0.25, 0.3) is 0 Å². The molecule has 0 saturated carbocycles. The maximum absolute atomic E-state index is 12.6. The van der Waals surface area contributed by atoms with Gasteiger partial charge in [-0.25, -0.2) is 0 Å². The van der Waals surface area contributed by atoms with Crippen molar-refractivity contribution in [3.8, 4) is 0 Å².